The van der Waals surface area contributed by atoms with Crippen LogP contribution in [0, 0.1) is 5.92 Å². The highest BCUT2D eigenvalue weighted by Crippen LogP contribution is 2.34. The van der Waals surface area contributed by atoms with E-state index in [1.165, 1.54) is 25.7 Å². The second-order valence-electron chi connectivity index (χ2n) is 3.37. The molecule has 2 nitrogen and oxygen atoms in total. The summed E-state index contributed by atoms with van der Waals surface area (Å²) in [6.45, 7) is 0. The summed E-state index contributed by atoms with van der Waals surface area (Å²) in [6.07, 6.45) is 7.52. The smallest absolute Gasteiger partial charge is 0.0545 e. The van der Waals surface area contributed by atoms with E-state index in [1.807, 2.05) is 6.21 Å². The van der Waals surface area contributed by atoms with Crippen molar-refractivity contribution in [1.29, 1.82) is 0 Å². The third-order valence-corrected chi connectivity index (χ3v) is 2.78. The Morgan fingerprint density at radius 3 is 2.70 bits per heavy atom. The minimum Gasteiger partial charge on any atom is -0.297 e. The van der Waals surface area contributed by atoms with E-state index in [2.05, 4.69) is 17.2 Å². The Kier molecular flexibility index (Phi) is 1.40. The average Bonchev–Trinajstić information content (AvgIpc) is 2.12. The molecular formula is C8H14N2. The molecule has 2 rings (SSSR count). The van der Waals surface area contributed by atoms with Gasteiger partial charge in [0.25, 0.3) is 0 Å². The zero-order valence-corrected chi connectivity index (χ0v) is 6.45. The van der Waals surface area contributed by atoms with E-state index in [0.29, 0.717) is 0 Å². The zero-order chi connectivity index (χ0) is 6.97. The van der Waals surface area contributed by atoms with E-state index in [1.54, 1.807) is 0 Å². The minimum absolute atomic E-state index is 0.744. The number of hydrogen-bond donors (Lipinski definition) is 0. The molecule has 2 heteroatoms. The lowest BCUT2D eigenvalue weighted by Gasteiger charge is -2.34. The lowest BCUT2D eigenvalue weighted by atomic mass is 9.79. The van der Waals surface area contributed by atoms with Gasteiger partial charge in [-0.2, -0.15) is 5.10 Å². The Morgan fingerprint density at radius 1 is 1.50 bits per heavy atom. The number of hydrogen-bond acceptors (Lipinski definition) is 2. The molecule has 0 aromatic carbocycles. The second kappa shape index (κ2) is 2.26. The number of hydrazone groups is 1. The van der Waals surface area contributed by atoms with Crippen molar-refractivity contribution in [2.75, 3.05) is 7.05 Å². The molecule has 10 heavy (non-hydrogen) atoms. The lowest BCUT2D eigenvalue weighted by Crippen LogP contribution is -2.34. The molecule has 0 amide bonds. The first-order valence-corrected chi connectivity index (χ1v) is 4.13. The largest absolute Gasteiger partial charge is 0.297 e. The van der Waals surface area contributed by atoms with Gasteiger partial charge in [-0.25, -0.2) is 0 Å². The van der Waals surface area contributed by atoms with Crippen LogP contribution in [-0.4, -0.2) is 24.3 Å². The highest BCUT2D eigenvalue weighted by atomic mass is 15.5. The molecule has 1 atom stereocenters. The monoisotopic (exact) mass is 138 g/mol. The lowest BCUT2D eigenvalue weighted by molar-refractivity contribution is 0.142. The Morgan fingerprint density at radius 2 is 2.30 bits per heavy atom. The normalized spacial score (nSPS) is 32.9. The van der Waals surface area contributed by atoms with Crippen molar-refractivity contribution in [3.8, 4) is 0 Å². The molecule has 1 heterocycles. The zero-order valence-electron chi connectivity index (χ0n) is 6.45. The van der Waals surface area contributed by atoms with Gasteiger partial charge in [-0.05, 0) is 18.8 Å². The highest BCUT2D eigenvalue weighted by molar-refractivity contribution is 5.59. The molecule has 0 N–H and O–H groups in total. The van der Waals surface area contributed by atoms with Gasteiger partial charge >= 0.3 is 0 Å². The van der Waals surface area contributed by atoms with Crippen LogP contribution in [0.2, 0.25) is 0 Å². The first kappa shape index (κ1) is 6.20. The van der Waals surface area contributed by atoms with Gasteiger partial charge in [-0.3, -0.25) is 5.01 Å². The Hall–Kier alpha value is -0.530. The summed E-state index contributed by atoms with van der Waals surface area (Å²) < 4.78 is 0. The van der Waals surface area contributed by atoms with Gasteiger partial charge in [0, 0.05) is 19.7 Å². The molecule has 1 unspecified atom stereocenters. The predicted octanol–water partition coefficient (Wildman–Crippen LogP) is 1.48. The molecule has 0 saturated heterocycles. The first-order valence-electron chi connectivity index (χ1n) is 4.13. The Labute approximate surface area is 61.9 Å². The van der Waals surface area contributed by atoms with Crippen LogP contribution in [0.3, 0.4) is 0 Å². The van der Waals surface area contributed by atoms with Crippen LogP contribution >= 0.6 is 0 Å². The van der Waals surface area contributed by atoms with Gasteiger partial charge in [0.1, 0.15) is 0 Å². The summed E-state index contributed by atoms with van der Waals surface area (Å²) in [5.41, 5.74) is 0. The quantitative estimate of drug-likeness (QED) is 0.536. The van der Waals surface area contributed by atoms with Crippen LogP contribution in [0.4, 0.5) is 0 Å². The molecular weight excluding hydrogens is 124 g/mol. The third-order valence-electron chi connectivity index (χ3n) is 2.78. The van der Waals surface area contributed by atoms with Crippen LogP contribution in [0.1, 0.15) is 25.7 Å². The molecule has 0 aromatic heterocycles. The topological polar surface area (TPSA) is 15.6 Å². The Balaban J connectivity index is 1.93. The maximum Gasteiger partial charge on any atom is 0.0545 e. The summed E-state index contributed by atoms with van der Waals surface area (Å²) >= 11 is 0. The average molecular weight is 138 g/mol. The van der Waals surface area contributed by atoms with E-state index >= 15 is 0 Å². The van der Waals surface area contributed by atoms with Crippen molar-refractivity contribution in [1.82, 2.24) is 5.01 Å². The maximum absolute atomic E-state index is 4.23. The molecule has 1 aliphatic carbocycles. The van der Waals surface area contributed by atoms with Crippen molar-refractivity contribution in [2.24, 2.45) is 11.0 Å². The predicted molar refractivity (Wildman–Crippen MR) is 42.0 cm³/mol. The van der Waals surface area contributed by atoms with Gasteiger partial charge in [0.15, 0.2) is 0 Å². The van der Waals surface area contributed by atoms with E-state index in [9.17, 15) is 0 Å². The third kappa shape index (κ3) is 0.825. The van der Waals surface area contributed by atoms with Crippen molar-refractivity contribution >= 4 is 6.21 Å². The fraction of sp³-hybridized carbons (Fsp3) is 0.875. The molecule has 0 bridgehead atoms. The van der Waals surface area contributed by atoms with Crippen molar-refractivity contribution < 1.29 is 0 Å². The Bertz CT molecular complexity index is 149. The molecule has 0 aromatic rings. The molecule has 0 spiro atoms. The highest BCUT2D eigenvalue weighted by Gasteiger charge is 2.31. The second-order valence-corrected chi connectivity index (χ2v) is 3.37. The summed E-state index contributed by atoms with van der Waals surface area (Å²) in [7, 11) is 2.09. The van der Waals surface area contributed by atoms with Crippen LogP contribution in [0.5, 0.6) is 0 Å². The van der Waals surface area contributed by atoms with Crippen molar-refractivity contribution in [3.63, 3.8) is 0 Å². The van der Waals surface area contributed by atoms with Gasteiger partial charge < -0.3 is 0 Å². The molecule has 0 radical (unpaired) electrons. The van der Waals surface area contributed by atoms with E-state index in [-0.39, 0.29) is 0 Å². The molecule has 1 aliphatic heterocycles. The van der Waals surface area contributed by atoms with Crippen LogP contribution in [0.15, 0.2) is 5.10 Å². The van der Waals surface area contributed by atoms with Gasteiger partial charge in [0.2, 0.25) is 0 Å². The number of nitrogens with zero attached hydrogens (tertiary/aromatic N) is 2. The number of rotatable bonds is 1. The van der Waals surface area contributed by atoms with Crippen LogP contribution in [-0.2, 0) is 0 Å². The molecule has 1 fully saturated rings. The summed E-state index contributed by atoms with van der Waals surface area (Å²) in [6, 6.07) is 0.744. The standard InChI is InChI=1S/C8H14N2/c1-10-8(5-6-9-10)7-3-2-4-7/h6-8H,2-5H2,1H3. The maximum atomic E-state index is 4.23. The van der Waals surface area contributed by atoms with E-state index in [4.69, 9.17) is 0 Å². The molecule has 2 aliphatic rings. The molecule has 56 valence electrons. The summed E-state index contributed by atoms with van der Waals surface area (Å²) in [4.78, 5) is 0. The summed E-state index contributed by atoms with van der Waals surface area (Å²) in [5, 5.41) is 6.36. The van der Waals surface area contributed by atoms with Gasteiger partial charge in [-0.15, -0.1) is 0 Å². The fourth-order valence-electron chi connectivity index (χ4n) is 1.84. The van der Waals surface area contributed by atoms with Gasteiger partial charge in [-0.1, -0.05) is 6.42 Å². The van der Waals surface area contributed by atoms with Crippen molar-refractivity contribution in [2.45, 2.75) is 31.7 Å². The van der Waals surface area contributed by atoms with E-state index < -0.39 is 0 Å². The minimum atomic E-state index is 0.744. The molecule has 1 saturated carbocycles. The SMILES string of the molecule is CN1N=CCC1C1CCC1. The first-order chi connectivity index (χ1) is 4.88. The van der Waals surface area contributed by atoms with E-state index in [0.717, 1.165) is 12.0 Å². The fourth-order valence-corrected chi connectivity index (χ4v) is 1.84. The van der Waals surface area contributed by atoms with Crippen LogP contribution < -0.4 is 0 Å². The van der Waals surface area contributed by atoms with Crippen molar-refractivity contribution in [3.05, 3.63) is 0 Å². The summed E-state index contributed by atoms with van der Waals surface area (Å²) in [5.74, 6) is 0.951. The van der Waals surface area contributed by atoms with Crippen LogP contribution in [0.25, 0.3) is 0 Å². The van der Waals surface area contributed by atoms with Gasteiger partial charge in [0.05, 0.1) is 6.04 Å².